The number of methoxy groups -OCH3 is 2. The molecule has 0 saturated carbocycles. The van der Waals surface area contributed by atoms with Crippen LogP contribution in [0.5, 0.6) is 17.4 Å². The van der Waals surface area contributed by atoms with E-state index < -0.39 is 0 Å². The Hall–Kier alpha value is -4.13. The third kappa shape index (κ3) is 3.37. The van der Waals surface area contributed by atoms with E-state index in [1.54, 1.807) is 81.1 Å². The van der Waals surface area contributed by atoms with E-state index >= 15 is 0 Å². The first kappa shape index (κ1) is 19.2. The number of ether oxygens (including phenoxy) is 2. The molecule has 150 valence electrons. The zero-order valence-electron chi connectivity index (χ0n) is 16.4. The van der Waals surface area contributed by atoms with Crippen molar-refractivity contribution >= 4 is 22.7 Å². The number of hydrogen-bond donors (Lipinski definition) is 1. The van der Waals surface area contributed by atoms with Crippen molar-refractivity contribution in [3.63, 3.8) is 0 Å². The van der Waals surface area contributed by atoms with Gasteiger partial charge in [-0.25, -0.2) is 9.55 Å². The van der Waals surface area contributed by atoms with Gasteiger partial charge in [-0.05, 0) is 30.3 Å². The van der Waals surface area contributed by atoms with Crippen LogP contribution in [0.1, 0.15) is 5.56 Å². The van der Waals surface area contributed by atoms with Crippen molar-refractivity contribution in [3.8, 4) is 23.2 Å². The lowest BCUT2D eigenvalue weighted by Gasteiger charge is -2.13. The number of aliphatic imine (C=N–C) groups is 1. The van der Waals surface area contributed by atoms with E-state index in [1.807, 2.05) is 0 Å². The molecular weight excluding hydrogens is 382 g/mol. The van der Waals surface area contributed by atoms with Gasteiger partial charge in [0.05, 0.1) is 19.8 Å². The molecular formula is C23H19N3O4. The second kappa shape index (κ2) is 8.08. The van der Waals surface area contributed by atoms with E-state index in [0.717, 1.165) is 0 Å². The van der Waals surface area contributed by atoms with Crippen LogP contribution in [0, 0.1) is 0 Å². The van der Waals surface area contributed by atoms with E-state index in [-0.39, 0.29) is 11.4 Å². The molecule has 2 aromatic heterocycles. The van der Waals surface area contributed by atoms with Crippen LogP contribution in [0.3, 0.4) is 0 Å². The highest BCUT2D eigenvalue weighted by Crippen LogP contribution is 2.32. The summed E-state index contributed by atoms with van der Waals surface area (Å²) in [5, 5.41) is 12.0. The largest absolute Gasteiger partial charge is 0.497 e. The highest BCUT2D eigenvalue weighted by Gasteiger charge is 2.17. The Morgan fingerprint density at radius 2 is 1.77 bits per heavy atom. The Kier molecular flexibility index (Phi) is 5.17. The molecule has 0 aliphatic rings. The van der Waals surface area contributed by atoms with Crippen LogP contribution >= 0.6 is 0 Å². The summed E-state index contributed by atoms with van der Waals surface area (Å²) in [6.07, 6.45) is 3.07. The average molecular weight is 401 g/mol. The monoisotopic (exact) mass is 401 g/mol. The Morgan fingerprint density at radius 3 is 2.47 bits per heavy atom. The van der Waals surface area contributed by atoms with E-state index in [4.69, 9.17) is 9.47 Å². The molecule has 0 aliphatic carbocycles. The van der Waals surface area contributed by atoms with Gasteiger partial charge in [-0.3, -0.25) is 9.79 Å². The van der Waals surface area contributed by atoms with Crippen molar-refractivity contribution < 1.29 is 14.6 Å². The zero-order valence-corrected chi connectivity index (χ0v) is 16.4. The Labute approximate surface area is 172 Å². The van der Waals surface area contributed by atoms with Crippen LogP contribution in [-0.2, 0) is 0 Å². The van der Waals surface area contributed by atoms with Crippen molar-refractivity contribution in [1.82, 2.24) is 9.55 Å². The number of benzene rings is 2. The third-order valence-corrected chi connectivity index (χ3v) is 4.70. The summed E-state index contributed by atoms with van der Waals surface area (Å²) in [6, 6.07) is 17.4. The van der Waals surface area contributed by atoms with Crippen molar-refractivity contribution in [2.45, 2.75) is 0 Å². The van der Waals surface area contributed by atoms with Crippen LogP contribution in [0.25, 0.3) is 16.6 Å². The van der Waals surface area contributed by atoms with E-state index in [2.05, 4.69) is 9.98 Å². The van der Waals surface area contributed by atoms with Gasteiger partial charge in [-0.15, -0.1) is 0 Å². The minimum absolute atomic E-state index is 0.247. The topological polar surface area (TPSA) is 85.9 Å². The third-order valence-electron chi connectivity index (χ3n) is 4.70. The number of aromatic hydroxyl groups is 1. The van der Waals surface area contributed by atoms with Gasteiger partial charge in [0, 0.05) is 29.3 Å². The van der Waals surface area contributed by atoms with Crippen LogP contribution in [0.15, 0.2) is 76.6 Å². The summed E-state index contributed by atoms with van der Waals surface area (Å²) in [5.74, 6) is 1.24. The van der Waals surface area contributed by atoms with Crippen LogP contribution in [0.4, 0.5) is 5.69 Å². The lowest BCUT2D eigenvalue weighted by atomic mass is 10.1. The molecule has 1 N–H and O–H groups in total. The second-order valence-electron chi connectivity index (χ2n) is 6.41. The number of rotatable bonds is 5. The molecule has 0 amide bonds. The van der Waals surface area contributed by atoms with Gasteiger partial charge in [-0.1, -0.05) is 24.3 Å². The first-order valence-electron chi connectivity index (χ1n) is 9.18. The molecule has 2 heterocycles. The fourth-order valence-corrected chi connectivity index (χ4v) is 3.22. The van der Waals surface area contributed by atoms with Gasteiger partial charge in [-0.2, -0.15) is 0 Å². The molecule has 4 rings (SSSR count). The summed E-state index contributed by atoms with van der Waals surface area (Å²) < 4.78 is 11.8. The van der Waals surface area contributed by atoms with Crippen LogP contribution in [-0.4, -0.2) is 35.1 Å². The highest BCUT2D eigenvalue weighted by molar-refractivity contribution is 6.02. The molecule has 0 unspecified atom stereocenters. The van der Waals surface area contributed by atoms with Crippen molar-refractivity contribution in [2.75, 3.05) is 14.2 Å². The van der Waals surface area contributed by atoms with E-state index in [9.17, 15) is 9.90 Å². The molecule has 0 atom stereocenters. The Morgan fingerprint density at radius 1 is 1.00 bits per heavy atom. The molecule has 0 saturated heterocycles. The summed E-state index contributed by atoms with van der Waals surface area (Å²) in [6.45, 7) is 0. The number of nitrogens with zero attached hydrogens (tertiary/aromatic N) is 3. The van der Waals surface area contributed by atoms with Gasteiger partial charge in [0.25, 0.3) is 5.56 Å². The fraction of sp³-hybridized carbons (Fsp3) is 0.0870. The maximum Gasteiger partial charge on any atom is 0.267 e. The summed E-state index contributed by atoms with van der Waals surface area (Å²) in [5.41, 5.74) is 0.551. The zero-order chi connectivity index (χ0) is 21.1. The predicted octanol–water partition coefficient (Wildman–Crippen LogP) is 3.86. The maximum atomic E-state index is 13.0. The molecule has 30 heavy (non-hydrogen) atoms. The number of fused-ring (bicyclic) bond motifs is 1. The quantitative estimate of drug-likeness (QED) is 0.513. The molecule has 7 nitrogen and oxygen atoms in total. The van der Waals surface area contributed by atoms with Gasteiger partial charge >= 0.3 is 0 Å². The average Bonchev–Trinajstić information content (AvgIpc) is 2.79. The lowest BCUT2D eigenvalue weighted by molar-refractivity contribution is 0.404. The number of hydrogen-bond acceptors (Lipinski definition) is 6. The van der Waals surface area contributed by atoms with E-state index in [0.29, 0.717) is 39.3 Å². The van der Waals surface area contributed by atoms with E-state index in [1.165, 1.54) is 10.8 Å². The molecule has 0 bridgehead atoms. The molecule has 0 aliphatic heterocycles. The first-order chi connectivity index (χ1) is 14.6. The SMILES string of the molecule is COc1ccc(OC)c(N=Cc2c(O)n(-c3ccccn3)c(=O)c3ccccc23)c1. The normalized spacial score (nSPS) is 11.1. The van der Waals surface area contributed by atoms with Gasteiger partial charge in [0.15, 0.2) is 0 Å². The van der Waals surface area contributed by atoms with Gasteiger partial charge < -0.3 is 14.6 Å². The van der Waals surface area contributed by atoms with Crippen molar-refractivity contribution in [1.29, 1.82) is 0 Å². The Balaban J connectivity index is 1.96. The summed E-state index contributed by atoms with van der Waals surface area (Å²) in [4.78, 5) is 21.8. The maximum absolute atomic E-state index is 13.0. The molecule has 0 radical (unpaired) electrons. The van der Waals surface area contributed by atoms with Crippen molar-refractivity contribution in [2.24, 2.45) is 4.99 Å². The number of aromatic nitrogens is 2. The number of pyridine rings is 2. The lowest BCUT2D eigenvalue weighted by Crippen LogP contribution is -2.20. The molecule has 0 fully saturated rings. The molecule has 7 heteroatoms. The smallest absolute Gasteiger partial charge is 0.267 e. The fourth-order valence-electron chi connectivity index (χ4n) is 3.22. The summed E-state index contributed by atoms with van der Waals surface area (Å²) >= 11 is 0. The van der Waals surface area contributed by atoms with Crippen LogP contribution in [0.2, 0.25) is 0 Å². The van der Waals surface area contributed by atoms with Crippen molar-refractivity contribution in [3.05, 3.63) is 82.8 Å². The van der Waals surface area contributed by atoms with Gasteiger partial charge in [0.1, 0.15) is 23.0 Å². The molecule has 2 aromatic carbocycles. The molecule has 4 aromatic rings. The predicted molar refractivity (Wildman–Crippen MR) is 116 cm³/mol. The molecule has 0 spiro atoms. The Bertz CT molecular complexity index is 1300. The first-order valence-corrected chi connectivity index (χ1v) is 9.18. The van der Waals surface area contributed by atoms with Gasteiger partial charge in [0.2, 0.25) is 5.88 Å². The second-order valence-corrected chi connectivity index (χ2v) is 6.41. The summed E-state index contributed by atoms with van der Waals surface area (Å²) in [7, 11) is 3.12. The minimum Gasteiger partial charge on any atom is -0.497 e. The highest BCUT2D eigenvalue weighted by atomic mass is 16.5. The standard InChI is InChI=1S/C23H19N3O4/c1-29-15-10-11-20(30-2)19(13-15)25-14-18-16-7-3-4-8-17(16)22(27)26(23(18)28)21-9-5-6-12-24-21/h3-14,28H,1-2H3. The minimum atomic E-state index is -0.363. The van der Waals surface area contributed by atoms with Crippen LogP contribution < -0.4 is 15.0 Å².